The van der Waals surface area contributed by atoms with Gasteiger partial charge >= 0.3 is 5.69 Å². The number of nitrogens with one attached hydrogen (secondary N) is 2. The van der Waals surface area contributed by atoms with Gasteiger partial charge in [0.05, 0.1) is 28.7 Å². The molecule has 0 aliphatic carbocycles. The van der Waals surface area contributed by atoms with Crippen LogP contribution in [0.5, 0.6) is 0 Å². The van der Waals surface area contributed by atoms with E-state index in [0.29, 0.717) is 56.6 Å². The third-order valence-corrected chi connectivity index (χ3v) is 7.66. The van der Waals surface area contributed by atoms with Crippen LogP contribution in [0.2, 0.25) is 0 Å². The maximum atomic E-state index is 14.5. The lowest BCUT2D eigenvalue weighted by Gasteiger charge is -2.41. The summed E-state index contributed by atoms with van der Waals surface area (Å²) >= 11 is 0. The van der Waals surface area contributed by atoms with Crippen LogP contribution in [0.25, 0.3) is 11.0 Å². The van der Waals surface area contributed by atoms with Crippen LogP contribution >= 0.6 is 0 Å². The monoisotopic (exact) mass is 475 g/mol. The summed E-state index contributed by atoms with van der Waals surface area (Å²) in [6.45, 7) is 5.28. The van der Waals surface area contributed by atoms with E-state index in [9.17, 15) is 18.8 Å². The number of hydrogen-bond acceptors (Lipinski definition) is 5. The van der Waals surface area contributed by atoms with Crippen LogP contribution in [0.1, 0.15) is 55.4 Å². The van der Waals surface area contributed by atoms with Gasteiger partial charge in [-0.05, 0) is 38.2 Å². The molecule has 2 N–H and O–H groups in total. The van der Waals surface area contributed by atoms with E-state index in [2.05, 4.69) is 22.1 Å². The molecule has 0 radical (unpaired) electrons. The minimum absolute atomic E-state index is 0.0975. The third kappa shape index (κ3) is 4.61. The Kier molecular flexibility index (Phi) is 7.09. The first-order valence-electron chi connectivity index (χ1n) is 12.0. The van der Waals surface area contributed by atoms with Gasteiger partial charge in [0, 0.05) is 52.4 Å². The quantitative estimate of drug-likeness (QED) is 0.665. The van der Waals surface area contributed by atoms with E-state index in [-0.39, 0.29) is 28.8 Å². The molecule has 2 amide bonds. The molecule has 0 spiro atoms. The number of piperidine rings is 2. The molecular weight excluding hydrogens is 441 g/mol. The highest BCUT2D eigenvalue weighted by Crippen LogP contribution is 2.30. The SMILES string of the molecule is CCC1(OC)CCN(C(=O)CN2CCC(n3c(=O)[nH]c4cc(C(=O)NC)c(F)cc43)CC2)CC1. The van der Waals surface area contributed by atoms with Gasteiger partial charge in [0.15, 0.2) is 0 Å². The first-order valence-corrected chi connectivity index (χ1v) is 12.0. The number of rotatable bonds is 6. The highest BCUT2D eigenvalue weighted by Gasteiger charge is 2.35. The van der Waals surface area contributed by atoms with Gasteiger partial charge in [0.1, 0.15) is 5.82 Å². The number of halogens is 1. The number of imidazole rings is 1. The zero-order chi connectivity index (χ0) is 24.5. The van der Waals surface area contributed by atoms with Crippen LogP contribution in [0.3, 0.4) is 0 Å². The van der Waals surface area contributed by atoms with Gasteiger partial charge in [-0.1, -0.05) is 6.92 Å². The molecule has 9 nitrogen and oxygen atoms in total. The van der Waals surface area contributed by atoms with Gasteiger partial charge in [-0.3, -0.25) is 19.1 Å². The first-order chi connectivity index (χ1) is 16.3. The minimum atomic E-state index is -0.662. The van der Waals surface area contributed by atoms with Crippen molar-refractivity contribution in [3.8, 4) is 0 Å². The normalized spacial score (nSPS) is 19.5. The molecule has 4 rings (SSSR count). The van der Waals surface area contributed by atoms with Gasteiger partial charge in [-0.2, -0.15) is 0 Å². The molecule has 1 aromatic carbocycles. The summed E-state index contributed by atoms with van der Waals surface area (Å²) in [5, 5.41) is 2.40. The maximum absolute atomic E-state index is 14.5. The Balaban J connectivity index is 1.38. The highest BCUT2D eigenvalue weighted by atomic mass is 19.1. The average Bonchev–Trinajstić information content (AvgIpc) is 3.18. The fraction of sp³-hybridized carbons (Fsp3) is 0.625. The Bertz CT molecular complexity index is 1100. The van der Waals surface area contributed by atoms with Gasteiger partial charge in [0.25, 0.3) is 5.91 Å². The Labute approximate surface area is 198 Å². The van der Waals surface area contributed by atoms with Gasteiger partial charge in [-0.15, -0.1) is 0 Å². The predicted octanol–water partition coefficient (Wildman–Crippen LogP) is 1.88. The molecule has 2 aliphatic heterocycles. The summed E-state index contributed by atoms with van der Waals surface area (Å²) in [6, 6.07) is 2.53. The molecule has 2 fully saturated rings. The molecular formula is C24H34FN5O4. The molecule has 0 bridgehead atoms. The van der Waals surface area contributed by atoms with E-state index in [4.69, 9.17) is 4.74 Å². The van der Waals surface area contributed by atoms with Crippen molar-refractivity contribution in [1.29, 1.82) is 0 Å². The van der Waals surface area contributed by atoms with E-state index in [1.807, 2.05) is 4.90 Å². The number of nitrogens with zero attached hydrogens (tertiary/aromatic N) is 3. The van der Waals surface area contributed by atoms with E-state index < -0.39 is 11.7 Å². The molecule has 2 aromatic rings. The molecule has 34 heavy (non-hydrogen) atoms. The molecule has 2 aliphatic rings. The third-order valence-electron chi connectivity index (χ3n) is 7.66. The summed E-state index contributed by atoms with van der Waals surface area (Å²) < 4.78 is 21.8. The van der Waals surface area contributed by atoms with Crippen LogP contribution < -0.4 is 11.0 Å². The van der Waals surface area contributed by atoms with Gasteiger partial charge in [-0.25, -0.2) is 9.18 Å². The number of carbonyl (C=O) groups excluding carboxylic acids is 2. The molecule has 2 saturated heterocycles. The summed E-state index contributed by atoms with van der Waals surface area (Å²) in [6.07, 6.45) is 4.03. The largest absolute Gasteiger partial charge is 0.378 e. The number of carbonyl (C=O) groups is 2. The lowest BCUT2D eigenvalue weighted by Crippen LogP contribution is -2.50. The summed E-state index contributed by atoms with van der Waals surface area (Å²) in [5.41, 5.74) is 0.366. The number of amides is 2. The summed E-state index contributed by atoms with van der Waals surface area (Å²) in [5.74, 6) is -1.07. The van der Waals surface area contributed by atoms with Crippen molar-refractivity contribution in [2.45, 2.75) is 50.7 Å². The molecule has 0 atom stereocenters. The first kappa shape index (κ1) is 24.4. The van der Waals surface area contributed by atoms with Gasteiger partial charge < -0.3 is 19.9 Å². The van der Waals surface area contributed by atoms with Crippen LogP contribution in [0, 0.1) is 5.82 Å². The van der Waals surface area contributed by atoms with Crippen molar-refractivity contribution >= 4 is 22.8 Å². The lowest BCUT2D eigenvalue weighted by molar-refractivity contribution is -0.138. The number of H-pyrrole nitrogens is 1. The highest BCUT2D eigenvalue weighted by molar-refractivity contribution is 5.97. The van der Waals surface area contributed by atoms with Crippen molar-refractivity contribution in [2.24, 2.45) is 0 Å². The van der Waals surface area contributed by atoms with E-state index in [1.165, 1.54) is 19.2 Å². The lowest BCUT2D eigenvalue weighted by atomic mass is 9.88. The second-order valence-corrected chi connectivity index (χ2v) is 9.36. The number of likely N-dealkylation sites (tertiary alicyclic amines) is 2. The van der Waals surface area contributed by atoms with Crippen molar-refractivity contribution in [3.05, 3.63) is 34.0 Å². The fourth-order valence-electron chi connectivity index (χ4n) is 5.31. The fourth-order valence-corrected chi connectivity index (χ4v) is 5.31. The van der Waals surface area contributed by atoms with Crippen molar-refractivity contribution in [1.82, 2.24) is 24.7 Å². The van der Waals surface area contributed by atoms with E-state index in [0.717, 1.165) is 19.3 Å². The zero-order valence-corrected chi connectivity index (χ0v) is 20.2. The Hall–Kier alpha value is -2.72. The Morgan fingerprint density at radius 2 is 1.88 bits per heavy atom. The molecule has 3 heterocycles. The number of fused-ring (bicyclic) bond motifs is 1. The average molecular weight is 476 g/mol. The Morgan fingerprint density at radius 1 is 1.21 bits per heavy atom. The van der Waals surface area contributed by atoms with E-state index >= 15 is 0 Å². The molecule has 0 unspecified atom stereocenters. The van der Waals surface area contributed by atoms with Crippen LogP contribution in [0.4, 0.5) is 4.39 Å². The number of aromatic amines is 1. The summed E-state index contributed by atoms with van der Waals surface area (Å²) in [7, 11) is 3.18. The smallest absolute Gasteiger partial charge is 0.326 e. The second-order valence-electron chi connectivity index (χ2n) is 9.36. The van der Waals surface area contributed by atoms with Crippen molar-refractivity contribution < 1.29 is 18.7 Å². The molecule has 1 aromatic heterocycles. The number of methoxy groups -OCH3 is 1. The van der Waals surface area contributed by atoms with Crippen LogP contribution in [-0.4, -0.2) is 83.6 Å². The number of ether oxygens (including phenoxy) is 1. The maximum Gasteiger partial charge on any atom is 0.326 e. The summed E-state index contributed by atoms with van der Waals surface area (Å²) in [4.78, 5) is 44.2. The number of aromatic nitrogens is 2. The number of benzene rings is 1. The van der Waals surface area contributed by atoms with Crippen LogP contribution in [-0.2, 0) is 9.53 Å². The standard InChI is InChI=1S/C24H34FN5O4/c1-4-24(34-3)7-11-29(12-8-24)21(31)15-28-9-5-16(6-10-28)30-20-14-18(25)17(22(32)26-2)13-19(20)27-23(30)33/h13-14,16H,4-12,15H2,1-3H3,(H,26,32)(H,27,33). The molecule has 10 heteroatoms. The molecule has 0 saturated carbocycles. The number of hydrogen-bond donors (Lipinski definition) is 2. The molecule has 186 valence electrons. The zero-order valence-electron chi connectivity index (χ0n) is 20.2. The predicted molar refractivity (Wildman–Crippen MR) is 126 cm³/mol. The second kappa shape index (κ2) is 9.87. The topological polar surface area (TPSA) is 99.7 Å². The minimum Gasteiger partial charge on any atom is -0.378 e. The van der Waals surface area contributed by atoms with Crippen molar-refractivity contribution in [2.75, 3.05) is 46.9 Å². The van der Waals surface area contributed by atoms with Crippen LogP contribution in [0.15, 0.2) is 16.9 Å². The van der Waals surface area contributed by atoms with E-state index in [1.54, 1.807) is 11.7 Å². The van der Waals surface area contributed by atoms with Gasteiger partial charge in [0.2, 0.25) is 5.91 Å². The van der Waals surface area contributed by atoms with Crippen molar-refractivity contribution in [3.63, 3.8) is 0 Å². The Morgan fingerprint density at radius 3 is 2.47 bits per heavy atom.